The summed E-state index contributed by atoms with van der Waals surface area (Å²) in [6.45, 7) is 6.19. The number of aromatic nitrogens is 3. The highest BCUT2D eigenvalue weighted by molar-refractivity contribution is 5.53. The van der Waals surface area contributed by atoms with Gasteiger partial charge in [-0.25, -0.2) is 0 Å². The third-order valence-corrected chi connectivity index (χ3v) is 2.71. The summed E-state index contributed by atoms with van der Waals surface area (Å²) in [7, 11) is 0. The number of rotatable bonds is 4. The van der Waals surface area contributed by atoms with Crippen molar-refractivity contribution in [2.24, 2.45) is 11.7 Å². The van der Waals surface area contributed by atoms with Crippen molar-refractivity contribution in [3.63, 3.8) is 0 Å². The van der Waals surface area contributed by atoms with Gasteiger partial charge in [0.25, 0.3) is 0 Å². The van der Waals surface area contributed by atoms with Gasteiger partial charge in [-0.15, -0.1) is 0 Å². The third kappa shape index (κ3) is 2.73. The average Bonchev–Trinajstić information content (AvgIpc) is 2.78. The second kappa shape index (κ2) is 5.27. The largest absolute Gasteiger partial charge is 0.337 e. The van der Waals surface area contributed by atoms with E-state index in [0.29, 0.717) is 17.6 Å². The van der Waals surface area contributed by atoms with Crippen LogP contribution in [0.5, 0.6) is 0 Å². The van der Waals surface area contributed by atoms with Crippen LogP contribution in [0.2, 0.25) is 0 Å². The van der Waals surface area contributed by atoms with E-state index in [-0.39, 0.29) is 6.04 Å². The molecule has 2 aromatic rings. The van der Waals surface area contributed by atoms with Gasteiger partial charge in [0.1, 0.15) is 5.69 Å². The zero-order chi connectivity index (χ0) is 13.1. The lowest BCUT2D eigenvalue weighted by Crippen LogP contribution is -2.13. The van der Waals surface area contributed by atoms with E-state index in [4.69, 9.17) is 10.3 Å². The quantitative estimate of drug-likeness (QED) is 0.896. The molecule has 2 N–H and O–H groups in total. The molecule has 96 valence electrons. The van der Waals surface area contributed by atoms with Gasteiger partial charge < -0.3 is 10.3 Å². The Morgan fingerprint density at radius 3 is 2.83 bits per heavy atom. The molecule has 1 atom stereocenters. The number of nitrogens with two attached hydrogens (primary N) is 1. The summed E-state index contributed by atoms with van der Waals surface area (Å²) in [5.41, 5.74) is 7.76. The van der Waals surface area contributed by atoms with Gasteiger partial charge in [0, 0.05) is 6.20 Å². The van der Waals surface area contributed by atoms with E-state index in [1.807, 2.05) is 19.1 Å². The molecule has 0 saturated carbocycles. The lowest BCUT2D eigenvalue weighted by Gasteiger charge is -2.08. The van der Waals surface area contributed by atoms with E-state index in [1.165, 1.54) is 0 Å². The predicted molar refractivity (Wildman–Crippen MR) is 68.6 cm³/mol. The molecule has 0 aliphatic rings. The van der Waals surface area contributed by atoms with Crippen LogP contribution in [0.25, 0.3) is 11.5 Å². The van der Waals surface area contributed by atoms with Crippen molar-refractivity contribution >= 4 is 0 Å². The first kappa shape index (κ1) is 12.7. The van der Waals surface area contributed by atoms with Crippen molar-refractivity contribution in [1.82, 2.24) is 15.1 Å². The first-order valence-electron chi connectivity index (χ1n) is 6.09. The van der Waals surface area contributed by atoms with E-state index in [0.717, 1.165) is 17.7 Å². The fourth-order valence-electron chi connectivity index (χ4n) is 1.81. The Bertz CT molecular complexity index is 521. The highest BCUT2D eigenvalue weighted by atomic mass is 16.5. The summed E-state index contributed by atoms with van der Waals surface area (Å²) in [6.07, 6.45) is 2.54. The van der Waals surface area contributed by atoms with Crippen molar-refractivity contribution in [2.45, 2.75) is 33.2 Å². The summed E-state index contributed by atoms with van der Waals surface area (Å²) in [5, 5.41) is 3.95. The second-order valence-corrected chi connectivity index (χ2v) is 4.86. The van der Waals surface area contributed by atoms with Crippen LogP contribution in [0.4, 0.5) is 0 Å². The van der Waals surface area contributed by atoms with Crippen LogP contribution in [-0.2, 0) is 0 Å². The van der Waals surface area contributed by atoms with Gasteiger partial charge in [0.05, 0.1) is 6.04 Å². The molecule has 0 radical (unpaired) electrons. The van der Waals surface area contributed by atoms with Crippen molar-refractivity contribution < 1.29 is 4.52 Å². The summed E-state index contributed by atoms with van der Waals surface area (Å²) in [6, 6.07) is 3.63. The highest BCUT2D eigenvalue weighted by Crippen LogP contribution is 2.21. The van der Waals surface area contributed by atoms with E-state index < -0.39 is 0 Å². The molecule has 0 amide bonds. The molecule has 5 heteroatoms. The minimum atomic E-state index is -0.213. The van der Waals surface area contributed by atoms with Crippen LogP contribution in [0.15, 0.2) is 22.9 Å². The molecule has 2 heterocycles. The van der Waals surface area contributed by atoms with Gasteiger partial charge >= 0.3 is 0 Å². The van der Waals surface area contributed by atoms with Crippen LogP contribution in [-0.4, -0.2) is 15.1 Å². The van der Waals surface area contributed by atoms with Gasteiger partial charge in [0.15, 0.2) is 0 Å². The number of pyridine rings is 1. The maximum absolute atomic E-state index is 6.01. The van der Waals surface area contributed by atoms with Gasteiger partial charge in [0.2, 0.25) is 11.7 Å². The molecule has 0 spiro atoms. The third-order valence-electron chi connectivity index (χ3n) is 2.71. The molecular formula is C13H18N4O. The average molecular weight is 246 g/mol. The van der Waals surface area contributed by atoms with Crippen LogP contribution in [0.3, 0.4) is 0 Å². The molecule has 0 aromatic carbocycles. The SMILES string of the molecule is Cc1cccnc1-c1noc(C(N)CC(C)C)n1. The second-order valence-electron chi connectivity index (χ2n) is 4.86. The number of nitrogens with zero attached hydrogens (tertiary/aromatic N) is 3. The minimum Gasteiger partial charge on any atom is -0.337 e. The molecule has 0 aliphatic heterocycles. The molecule has 1 unspecified atom stereocenters. The summed E-state index contributed by atoms with van der Waals surface area (Å²) < 4.78 is 5.21. The maximum atomic E-state index is 6.01. The molecule has 0 saturated heterocycles. The van der Waals surface area contributed by atoms with E-state index >= 15 is 0 Å². The van der Waals surface area contributed by atoms with Gasteiger partial charge in [-0.05, 0) is 30.9 Å². The Morgan fingerprint density at radius 1 is 1.39 bits per heavy atom. The van der Waals surface area contributed by atoms with E-state index in [1.54, 1.807) is 6.20 Å². The molecule has 2 aromatic heterocycles. The van der Waals surface area contributed by atoms with Crippen molar-refractivity contribution in [1.29, 1.82) is 0 Å². The number of hydrogen-bond acceptors (Lipinski definition) is 5. The summed E-state index contributed by atoms with van der Waals surface area (Å²) in [4.78, 5) is 8.59. The summed E-state index contributed by atoms with van der Waals surface area (Å²) in [5.74, 6) is 1.47. The van der Waals surface area contributed by atoms with Gasteiger partial charge in [-0.1, -0.05) is 25.1 Å². The lowest BCUT2D eigenvalue weighted by atomic mass is 10.0. The zero-order valence-corrected chi connectivity index (χ0v) is 10.9. The smallest absolute Gasteiger partial charge is 0.243 e. The van der Waals surface area contributed by atoms with Crippen LogP contribution in [0, 0.1) is 12.8 Å². The Balaban J connectivity index is 2.23. The van der Waals surface area contributed by atoms with Crippen LogP contribution in [0.1, 0.15) is 37.8 Å². The van der Waals surface area contributed by atoms with Crippen LogP contribution >= 0.6 is 0 Å². The monoisotopic (exact) mass is 246 g/mol. The standard InChI is InChI=1S/C13H18N4O/c1-8(2)7-10(14)13-16-12(17-18-13)11-9(3)5-4-6-15-11/h4-6,8,10H,7,14H2,1-3H3. The van der Waals surface area contributed by atoms with Crippen molar-refractivity contribution in [3.8, 4) is 11.5 Å². The van der Waals surface area contributed by atoms with Crippen molar-refractivity contribution in [3.05, 3.63) is 29.8 Å². The Morgan fingerprint density at radius 2 is 2.17 bits per heavy atom. The molecule has 0 aliphatic carbocycles. The van der Waals surface area contributed by atoms with Gasteiger partial charge in [-0.2, -0.15) is 4.98 Å². The minimum absolute atomic E-state index is 0.213. The maximum Gasteiger partial charge on any atom is 0.243 e. The normalized spacial score (nSPS) is 12.9. The predicted octanol–water partition coefficient (Wildman–Crippen LogP) is 2.49. The van der Waals surface area contributed by atoms with E-state index in [9.17, 15) is 0 Å². The fourth-order valence-corrected chi connectivity index (χ4v) is 1.81. The fraction of sp³-hybridized carbons (Fsp3) is 0.462. The first-order chi connectivity index (χ1) is 8.58. The topological polar surface area (TPSA) is 77.8 Å². The number of aryl methyl sites for hydroxylation is 1. The first-order valence-corrected chi connectivity index (χ1v) is 6.09. The Hall–Kier alpha value is -1.75. The van der Waals surface area contributed by atoms with Crippen molar-refractivity contribution in [2.75, 3.05) is 0 Å². The number of hydrogen-bond donors (Lipinski definition) is 1. The molecule has 18 heavy (non-hydrogen) atoms. The molecule has 2 rings (SSSR count). The molecule has 0 fully saturated rings. The zero-order valence-electron chi connectivity index (χ0n) is 10.9. The highest BCUT2D eigenvalue weighted by Gasteiger charge is 2.18. The molecule has 5 nitrogen and oxygen atoms in total. The molecular weight excluding hydrogens is 228 g/mol. The Labute approximate surface area is 106 Å². The lowest BCUT2D eigenvalue weighted by molar-refractivity contribution is 0.335. The van der Waals surface area contributed by atoms with Crippen LogP contribution < -0.4 is 5.73 Å². The Kier molecular flexibility index (Phi) is 3.72. The summed E-state index contributed by atoms with van der Waals surface area (Å²) >= 11 is 0. The molecule has 0 bridgehead atoms. The van der Waals surface area contributed by atoms with Gasteiger partial charge in [-0.3, -0.25) is 4.98 Å². The van der Waals surface area contributed by atoms with E-state index in [2.05, 4.69) is 29.0 Å².